The number of nitro benzene ring substituents is 1. The summed E-state index contributed by atoms with van der Waals surface area (Å²) in [4.78, 5) is 21.4. The number of rotatable bonds is 5. The molecule has 0 aliphatic carbocycles. The Morgan fingerprint density at radius 3 is 2.95 bits per heavy atom. The summed E-state index contributed by atoms with van der Waals surface area (Å²) in [6.07, 6.45) is 1.01. The molecule has 1 heterocycles. The van der Waals surface area contributed by atoms with Crippen molar-refractivity contribution in [1.82, 2.24) is 5.32 Å². The number of non-ortho nitro benzene ring substituents is 1. The molecule has 0 bridgehead atoms. The molecular formula is C12H15N3O4. The second kappa shape index (κ2) is 5.66. The van der Waals surface area contributed by atoms with E-state index in [1.54, 1.807) is 0 Å². The molecule has 0 spiro atoms. The molecule has 0 saturated carbocycles. The van der Waals surface area contributed by atoms with Crippen molar-refractivity contribution < 1.29 is 14.5 Å². The Bertz CT molecular complexity index is 498. The molecule has 1 saturated heterocycles. The van der Waals surface area contributed by atoms with Crippen LogP contribution in [0.25, 0.3) is 0 Å². The van der Waals surface area contributed by atoms with Gasteiger partial charge in [0.25, 0.3) is 11.6 Å². The molecule has 1 atom stereocenters. The van der Waals surface area contributed by atoms with E-state index in [1.807, 2.05) is 0 Å². The molecule has 1 aromatic rings. The SMILES string of the molecule is NC(=O)c1cc([N+](=O)[O-])ccc1OCC1CCNC1. The summed E-state index contributed by atoms with van der Waals surface area (Å²) < 4.78 is 5.55. The minimum absolute atomic E-state index is 0.0418. The molecule has 1 aromatic carbocycles. The van der Waals surface area contributed by atoms with Crippen LogP contribution in [0, 0.1) is 16.0 Å². The van der Waals surface area contributed by atoms with Gasteiger partial charge in [0.1, 0.15) is 5.75 Å². The lowest BCUT2D eigenvalue weighted by Gasteiger charge is -2.12. The van der Waals surface area contributed by atoms with Crippen LogP contribution in [0.3, 0.4) is 0 Å². The number of amides is 1. The highest BCUT2D eigenvalue weighted by molar-refractivity contribution is 5.96. The van der Waals surface area contributed by atoms with Crippen LogP contribution in [0.2, 0.25) is 0 Å². The van der Waals surface area contributed by atoms with Gasteiger partial charge in [0.05, 0.1) is 17.1 Å². The van der Waals surface area contributed by atoms with Gasteiger partial charge < -0.3 is 15.8 Å². The maximum absolute atomic E-state index is 11.3. The zero-order valence-corrected chi connectivity index (χ0v) is 10.3. The van der Waals surface area contributed by atoms with Crippen LogP contribution in [0.15, 0.2) is 18.2 Å². The van der Waals surface area contributed by atoms with E-state index in [2.05, 4.69) is 5.32 Å². The first-order valence-electron chi connectivity index (χ1n) is 5.99. The Kier molecular flexibility index (Phi) is 3.96. The first-order valence-corrected chi connectivity index (χ1v) is 5.99. The van der Waals surface area contributed by atoms with Crippen molar-refractivity contribution in [3.63, 3.8) is 0 Å². The summed E-state index contributed by atoms with van der Waals surface area (Å²) in [5.41, 5.74) is 5.08. The van der Waals surface area contributed by atoms with Crippen molar-refractivity contribution in [2.45, 2.75) is 6.42 Å². The molecule has 1 amide bonds. The molecule has 3 N–H and O–H groups in total. The molecule has 1 unspecified atom stereocenters. The molecule has 7 nitrogen and oxygen atoms in total. The lowest BCUT2D eigenvalue weighted by atomic mass is 10.1. The first-order chi connectivity index (χ1) is 9.08. The Morgan fingerprint density at radius 2 is 2.37 bits per heavy atom. The zero-order valence-electron chi connectivity index (χ0n) is 10.3. The van der Waals surface area contributed by atoms with Crippen LogP contribution in [-0.2, 0) is 0 Å². The van der Waals surface area contributed by atoms with Gasteiger partial charge in [-0.25, -0.2) is 0 Å². The Balaban J connectivity index is 2.14. The van der Waals surface area contributed by atoms with Crippen LogP contribution < -0.4 is 15.8 Å². The number of carbonyl (C=O) groups excluding carboxylic acids is 1. The van der Waals surface area contributed by atoms with E-state index < -0.39 is 10.8 Å². The van der Waals surface area contributed by atoms with Crippen molar-refractivity contribution in [3.05, 3.63) is 33.9 Å². The summed E-state index contributed by atoms with van der Waals surface area (Å²) in [7, 11) is 0. The third kappa shape index (κ3) is 3.19. The molecule has 1 aliphatic rings. The van der Waals surface area contributed by atoms with E-state index in [4.69, 9.17) is 10.5 Å². The summed E-state index contributed by atoms with van der Waals surface area (Å²) in [6, 6.07) is 3.86. The van der Waals surface area contributed by atoms with Crippen molar-refractivity contribution in [3.8, 4) is 5.75 Å². The quantitative estimate of drug-likeness (QED) is 0.601. The summed E-state index contributed by atoms with van der Waals surface area (Å²) in [5, 5.41) is 13.9. The van der Waals surface area contributed by atoms with Crippen molar-refractivity contribution in [1.29, 1.82) is 0 Å². The second-order valence-corrected chi connectivity index (χ2v) is 4.47. The largest absolute Gasteiger partial charge is 0.492 e. The first kappa shape index (κ1) is 13.3. The van der Waals surface area contributed by atoms with Crippen LogP contribution in [0.1, 0.15) is 16.8 Å². The normalized spacial score (nSPS) is 18.2. The third-order valence-electron chi connectivity index (χ3n) is 3.08. The van der Waals surface area contributed by atoms with E-state index in [0.717, 1.165) is 25.6 Å². The molecule has 1 fully saturated rings. The third-order valence-corrected chi connectivity index (χ3v) is 3.08. The van der Waals surface area contributed by atoms with Crippen LogP contribution >= 0.6 is 0 Å². The van der Waals surface area contributed by atoms with E-state index in [1.165, 1.54) is 12.1 Å². The van der Waals surface area contributed by atoms with Gasteiger partial charge in [0.2, 0.25) is 0 Å². The highest BCUT2D eigenvalue weighted by Gasteiger charge is 2.19. The minimum Gasteiger partial charge on any atom is -0.492 e. The van der Waals surface area contributed by atoms with Gasteiger partial charge in [-0.1, -0.05) is 0 Å². The van der Waals surface area contributed by atoms with E-state index in [-0.39, 0.29) is 11.3 Å². The molecule has 0 radical (unpaired) electrons. The molecule has 0 aromatic heterocycles. The van der Waals surface area contributed by atoms with Gasteiger partial charge in [0.15, 0.2) is 0 Å². The van der Waals surface area contributed by atoms with E-state index in [0.29, 0.717) is 18.3 Å². The number of nitrogens with zero attached hydrogens (tertiary/aromatic N) is 1. The van der Waals surface area contributed by atoms with Crippen molar-refractivity contribution in [2.24, 2.45) is 11.7 Å². The fraction of sp³-hybridized carbons (Fsp3) is 0.417. The number of benzene rings is 1. The number of ether oxygens (including phenoxy) is 1. The van der Waals surface area contributed by atoms with Crippen LogP contribution in [-0.4, -0.2) is 30.5 Å². The maximum Gasteiger partial charge on any atom is 0.270 e. The number of nitrogens with two attached hydrogens (primary N) is 1. The number of hydrogen-bond donors (Lipinski definition) is 2. The molecule has 102 valence electrons. The fourth-order valence-corrected chi connectivity index (χ4v) is 2.01. The average Bonchev–Trinajstić information content (AvgIpc) is 2.89. The summed E-state index contributed by atoms with van der Waals surface area (Å²) in [6.45, 7) is 2.29. The molecular weight excluding hydrogens is 250 g/mol. The predicted octanol–water partition coefficient (Wildman–Crippen LogP) is 0.682. The van der Waals surface area contributed by atoms with E-state index in [9.17, 15) is 14.9 Å². The lowest BCUT2D eigenvalue weighted by molar-refractivity contribution is -0.384. The van der Waals surface area contributed by atoms with Gasteiger partial charge in [-0.2, -0.15) is 0 Å². The Morgan fingerprint density at radius 1 is 1.58 bits per heavy atom. The highest BCUT2D eigenvalue weighted by Crippen LogP contribution is 2.24. The molecule has 19 heavy (non-hydrogen) atoms. The van der Waals surface area contributed by atoms with Crippen LogP contribution in [0.5, 0.6) is 5.75 Å². The standard InChI is InChI=1S/C12H15N3O4/c13-12(16)10-5-9(15(17)18)1-2-11(10)19-7-8-3-4-14-6-8/h1-2,5,8,14H,3-4,6-7H2,(H2,13,16). The summed E-state index contributed by atoms with van der Waals surface area (Å²) in [5.74, 6) is -0.0517. The number of primary amides is 1. The van der Waals surface area contributed by atoms with Crippen molar-refractivity contribution >= 4 is 11.6 Å². The minimum atomic E-state index is -0.733. The molecule has 2 rings (SSSR count). The molecule has 7 heteroatoms. The van der Waals surface area contributed by atoms with Gasteiger partial charge in [-0.3, -0.25) is 14.9 Å². The average molecular weight is 265 g/mol. The van der Waals surface area contributed by atoms with Gasteiger partial charge >= 0.3 is 0 Å². The molecule has 1 aliphatic heterocycles. The van der Waals surface area contributed by atoms with Gasteiger partial charge in [-0.05, 0) is 19.0 Å². The number of carbonyl (C=O) groups is 1. The topological polar surface area (TPSA) is 107 Å². The Hall–Kier alpha value is -2.15. The smallest absolute Gasteiger partial charge is 0.270 e. The fourth-order valence-electron chi connectivity index (χ4n) is 2.01. The van der Waals surface area contributed by atoms with Crippen LogP contribution in [0.4, 0.5) is 5.69 Å². The predicted molar refractivity (Wildman–Crippen MR) is 68.1 cm³/mol. The van der Waals surface area contributed by atoms with E-state index >= 15 is 0 Å². The van der Waals surface area contributed by atoms with Crippen molar-refractivity contribution in [2.75, 3.05) is 19.7 Å². The maximum atomic E-state index is 11.3. The zero-order chi connectivity index (χ0) is 13.8. The number of hydrogen-bond acceptors (Lipinski definition) is 5. The summed E-state index contributed by atoms with van der Waals surface area (Å²) >= 11 is 0. The number of nitro groups is 1. The monoisotopic (exact) mass is 265 g/mol. The van der Waals surface area contributed by atoms with Gasteiger partial charge in [-0.15, -0.1) is 0 Å². The number of nitrogens with one attached hydrogen (secondary N) is 1. The lowest BCUT2D eigenvalue weighted by Crippen LogP contribution is -2.18. The second-order valence-electron chi connectivity index (χ2n) is 4.47. The van der Waals surface area contributed by atoms with Gasteiger partial charge in [0, 0.05) is 24.6 Å². The highest BCUT2D eigenvalue weighted by atomic mass is 16.6. The Labute approximate surface area is 109 Å².